The van der Waals surface area contributed by atoms with Crippen LogP contribution >= 0.6 is 0 Å². The van der Waals surface area contributed by atoms with E-state index in [0.717, 1.165) is 50.2 Å². The van der Waals surface area contributed by atoms with Crippen LogP contribution < -0.4 is 0 Å². The fourth-order valence-corrected chi connectivity index (χ4v) is 3.19. The van der Waals surface area contributed by atoms with Gasteiger partial charge in [-0.15, -0.1) is 0 Å². The normalized spacial score (nSPS) is 16.0. The van der Waals surface area contributed by atoms with Gasteiger partial charge in [0.05, 0.1) is 17.4 Å². The van der Waals surface area contributed by atoms with Gasteiger partial charge in [0.1, 0.15) is 6.54 Å². The largest absolute Gasteiger partial charge is 0.381 e. The van der Waals surface area contributed by atoms with Crippen molar-refractivity contribution in [2.75, 3.05) is 40.4 Å². The minimum Gasteiger partial charge on any atom is -0.381 e. The zero-order chi connectivity index (χ0) is 16.9. The van der Waals surface area contributed by atoms with Crippen molar-refractivity contribution in [3.05, 3.63) is 30.6 Å². The molecule has 0 unspecified atom stereocenters. The lowest BCUT2D eigenvalue weighted by atomic mass is 10.1. The number of carbonyl (C=O) groups excluding carboxylic acids is 1. The second-order valence-corrected chi connectivity index (χ2v) is 6.60. The maximum atomic E-state index is 13.0. The third-order valence-corrected chi connectivity index (χ3v) is 4.57. The van der Waals surface area contributed by atoms with E-state index >= 15 is 0 Å². The molecule has 0 atom stereocenters. The SMILES string of the molecule is CN(C)CCN(C(=O)Cn1cnc2ccccc21)C1CCOCC1. The van der Waals surface area contributed by atoms with Crippen molar-refractivity contribution in [1.82, 2.24) is 19.4 Å². The number of fused-ring (bicyclic) bond motifs is 1. The van der Waals surface area contributed by atoms with Crippen molar-refractivity contribution in [1.29, 1.82) is 0 Å². The molecule has 1 aromatic heterocycles. The molecule has 1 aromatic carbocycles. The molecule has 0 spiro atoms. The summed E-state index contributed by atoms with van der Waals surface area (Å²) in [4.78, 5) is 21.5. The van der Waals surface area contributed by atoms with Crippen LogP contribution in [0, 0.1) is 0 Å². The van der Waals surface area contributed by atoms with Crippen molar-refractivity contribution in [3.8, 4) is 0 Å². The van der Waals surface area contributed by atoms with Crippen LogP contribution in [0.3, 0.4) is 0 Å². The number of ether oxygens (including phenoxy) is 1. The zero-order valence-corrected chi connectivity index (χ0v) is 14.5. The highest BCUT2D eigenvalue weighted by molar-refractivity contribution is 5.80. The number of nitrogens with zero attached hydrogens (tertiary/aromatic N) is 4. The highest BCUT2D eigenvalue weighted by Crippen LogP contribution is 2.17. The van der Waals surface area contributed by atoms with Gasteiger partial charge in [-0.3, -0.25) is 4.79 Å². The van der Waals surface area contributed by atoms with E-state index in [1.54, 1.807) is 6.33 Å². The van der Waals surface area contributed by atoms with Crippen LogP contribution in [0.5, 0.6) is 0 Å². The smallest absolute Gasteiger partial charge is 0.242 e. The number of rotatable bonds is 6. The summed E-state index contributed by atoms with van der Waals surface area (Å²) in [6, 6.07) is 8.20. The molecule has 0 aliphatic carbocycles. The van der Waals surface area contributed by atoms with Crippen LogP contribution in [-0.4, -0.2) is 71.7 Å². The first-order valence-electron chi connectivity index (χ1n) is 8.57. The molecule has 6 heteroatoms. The van der Waals surface area contributed by atoms with Crippen LogP contribution in [0.25, 0.3) is 11.0 Å². The van der Waals surface area contributed by atoms with E-state index in [9.17, 15) is 4.79 Å². The van der Waals surface area contributed by atoms with Crippen molar-refractivity contribution >= 4 is 16.9 Å². The highest BCUT2D eigenvalue weighted by atomic mass is 16.5. The molecule has 0 radical (unpaired) electrons. The number of para-hydroxylation sites is 2. The fraction of sp³-hybridized carbons (Fsp3) is 0.556. The maximum Gasteiger partial charge on any atom is 0.242 e. The van der Waals surface area contributed by atoms with Gasteiger partial charge in [0.2, 0.25) is 5.91 Å². The zero-order valence-electron chi connectivity index (χ0n) is 14.5. The summed E-state index contributed by atoms with van der Waals surface area (Å²) in [6.45, 7) is 3.44. The Morgan fingerprint density at radius 2 is 2.00 bits per heavy atom. The summed E-state index contributed by atoms with van der Waals surface area (Å²) < 4.78 is 7.40. The van der Waals surface area contributed by atoms with Crippen LogP contribution in [0.4, 0.5) is 0 Å². The van der Waals surface area contributed by atoms with E-state index in [2.05, 4.69) is 9.88 Å². The number of aromatic nitrogens is 2. The Bertz CT molecular complexity index is 676. The molecule has 0 N–H and O–H groups in total. The first-order chi connectivity index (χ1) is 11.6. The van der Waals surface area contributed by atoms with E-state index in [0.29, 0.717) is 6.54 Å². The Kier molecular flexibility index (Phi) is 5.48. The third-order valence-electron chi connectivity index (χ3n) is 4.57. The van der Waals surface area contributed by atoms with Crippen molar-refractivity contribution in [3.63, 3.8) is 0 Å². The van der Waals surface area contributed by atoms with Gasteiger partial charge in [-0.2, -0.15) is 0 Å². The second kappa shape index (κ2) is 7.77. The summed E-state index contributed by atoms with van der Waals surface area (Å²) in [5, 5.41) is 0. The standard InChI is InChI=1S/C18H26N4O2/c1-20(2)9-10-22(15-7-11-24-12-8-15)18(23)13-21-14-19-16-5-3-4-6-17(16)21/h3-6,14-15H,7-13H2,1-2H3. The number of likely N-dealkylation sites (N-methyl/N-ethyl adjacent to an activating group) is 1. The van der Waals surface area contributed by atoms with Gasteiger partial charge in [-0.25, -0.2) is 4.98 Å². The van der Waals surface area contributed by atoms with E-state index in [4.69, 9.17) is 4.74 Å². The lowest BCUT2D eigenvalue weighted by molar-refractivity contribution is -0.136. The number of carbonyl (C=O) groups is 1. The highest BCUT2D eigenvalue weighted by Gasteiger charge is 2.26. The van der Waals surface area contributed by atoms with Gasteiger partial charge in [0, 0.05) is 32.3 Å². The molecule has 3 rings (SSSR count). The summed E-state index contributed by atoms with van der Waals surface area (Å²) in [5.41, 5.74) is 1.93. The monoisotopic (exact) mass is 330 g/mol. The molecule has 1 aliphatic rings. The molecule has 1 fully saturated rings. The van der Waals surface area contributed by atoms with Crippen molar-refractivity contribution in [2.45, 2.75) is 25.4 Å². The van der Waals surface area contributed by atoms with Crippen LogP contribution in [0.1, 0.15) is 12.8 Å². The molecule has 0 bridgehead atoms. The molecule has 0 saturated carbocycles. The van der Waals surface area contributed by atoms with Crippen LogP contribution in [0.2, 0.25) is 0 Å². The van der Waals surface area contributed by atoms with Crippen LogP contribution in [0.15, 0.2) is 30.6 Å². The fourth-order valence-electron chi connectivity index (χ4n) is 3.19. The van der Waals surface area contributed by atoms with Gasteiger partial charge >= 0.3 is 0 Å². The lowest BCUT2D eigenvalue weighted by Crippen LogP contribution is -2.47. The summed E-state index contributed by atoms with van der Waals surface area (Å²) in [5.74, 6) is 0.159. The summed E-state index contributed by atoms with van der Waals surface area (Å²) >= 11 is 0. The molecule has 2 heterocycles. The van der Waals surface area contributed by atoms with E-state index in [-0.39, 0.29) is 11.9 Å². The number of hydrogen-bond donors (Lipinski definition) is 0. The predicted molar refractivity (Wildman–Crippen MR) is 93.8 cm³/mol. The minimum absolute atomic E-state index is 0.159. The molecule has 2 aromatic rings. The molecule has 6 nitrogen and oxygen atoms in total. The lowest BCUT2D eigenvalue weighted by Gasteiger charge is -2.35. The Balaban J connectivity index is 1.74. The Labute approximate surface area is 143 Å². The molecule has 24 heavy (non-hydrogen) atoms. The quantitative estimate of drug-likeness (QED) is 0.807. The molecular weight excluding hydrogens is 304 g/mol. The Hall–Kier alpha value is -1.92. The van der Waals surface area contributed by atoms with E-state index in [1.807, 2.05) is 47.8 Å². The average molecular weight is 330 g/mol. The van der Waals surface area contributed by atoms with E-state index in [1.165, 1.54) is 0 Å². The average Bonchev–Trinajstić information content (AvgIpc) is 2.99. The number of benzene rings is 1. The van der Waals surface area contributed by atoms with Gasteiger partial charge in [0.25, 0.3) is 0 Å². The van der Waals surface area contributed by atoms with Crippen molar-refractivity contribution < 1.29 is 9.53 Å². The molecular formula is C18H26N4O2. The second-order valence-electron chi connectivity index (χ2n) is 6.60. The van der Waals surface area contributed by atoms with E-state index < -0.39 is 0 Å². The topological polar surface area (TPSA) is 50.6 Å². The first kappa shape index (κ1) is 16.9. The van der Waals surface area contributed by atoms with Crippen LogP contribution in [-0.2, 0) is 16.1 Å². The molecule has 1 amide bonds. The van der Waals surface area contributed by atoms with Gasteiger partial charge < -0.3 is 19.1 Å². The summed E-state index contributed by atoms with van der Waals surface area (Å²) in [7, 11) is 4.08. The molecule has 1 aliphatic heterocycles. The Morgan fingerprint density at radius 1 is 1.25 bits per heavy atom. The maximum absolute atomic E-state index is 13.0. The van der Waals surface area contributed by atoms with Gasteiger partial charge in [-0.05, 0) is 39.1 Å². The number of imidazole rings is 1. The minimum atomic E-state index is 0.159. The first-order valence-corrected chi connectivity index (χ1v) is 8.57. The number of amides is 1. The third kappa shape index (κ3) is 3.94. The van der Waals surface area contributed by atoms with Gasteiger partial charge in [-0.1, -0.05) is 12.1 Å². The Morgan fingerprint density at radius 3 is 2.75 bits per heavy atom. The summed E-state index contributed by atoms with van der Waals surface area (Å²) in [6.07, 6.45) is 3.60. The van der Waals surface area contributed by atoms with Gasteiger partial charge in [0.15, 0.2) is 0 Å². The van der Waals surface area contributed by atoms with Crippen molar-refractivity contribution in [2.24, 2.45) is 0 Å². The molecule has 1 saturated heterocycles. The molecule has 130 valence electrons. The predicted octanol–water partition coefficient (Wildman–Crippen LogP) is 1.61. The number of hydrogen-bond acceptors (Lipinski definition) is 4.